The second-order valence-electron chi connectivity index (χ2n) is 7.75. The molecule has 4 heteroatoms. The number of benzene rings is 3. The Kier molecular flexibility index (Phi) is 5.11. The molecule has 0 unspecified atom stereocenters. The Balaban J connectivity index is 1.50. The van der Waals surface area contributed by atoms with Gasteiger partial charge >= 0.3 is 0 Å². The molecule has 1 fully saturated rings. The van der Waals surface area contributed by atoms with Crippen LogP contribution in [0.1, 0.15) is 28.4 Å². The molecule has 0 radical (unpaired) electrons. The molecule has 2 heterocycles. The standard InChI is InChI=1S/C25H26N4/c1-3-7-20(8-4-1)24(21-9-5-2-6-10-21)25-27-22-12-11-19(17-23(22)28-25)18-29-15-13-26-14-16-29/h1-12,17,24,26H,13-16,18H2,(H,27,28). The number of hydrogen-bond donors (Lipinski definition) is 2. The van der Waals surface area contributed by atoms with E-state index in [1.807, 2.05) is 0 Å². The smallest absolute Gasteiger partial charge is 0.119 e. The molecule has 1 saturated heterocycles. The second-order valence-corrected chi connectivity index (χ2v) is 7.75. The van der Waals surface area contributed by atoms with Gasteiger partial charge in [-0.25, -0.2) is 4.98 Å². The Bertz CT molecular complexity index is 1030. The third kappa shape index (κ3) is 3.95. The summed E-state index contributed by atoms with van der Waals surface area (Å²) in [7, 11) is 0. The average molecular weight is 383 g/mol. The van der Waals surface area contributed by atoms with Gasteiger partial charge in [-0.2, -0.15) is 0 Å². The Labute approximate surface area is 171 Å². The Morgan fingerprint density at radius 2 is 1.48 bits per heavy atom. The zero-order chi connectivity index (χ0) is 19.5. The highest BCUT2D eigenvalue weighted by molar-refractivity contribution is 5.76. The quantitative estimate of drug-likeness (QED) is 0.545. The minimum Gasteiger partial charge on any atom is -0.341 e. The number of piperazine rings is 1. The summed E-state index contributed by atoms with van der Waals surface area (Å²) in [5.41, 5.74) is 5.98. The first-order valence-corrected chi connectivity index (χ1v) is 10.4. The number of H-pyrrole nitrogens is 1. The van der Waals surface area contributed by atoms with Crippen molar-refractivity contribution in [3.63, 3.8) is 0 Å². The van der Waals surface area contributed by atoms with Crippen LogP contribution in [0.3, 0.4) is 0 Å². The van der Waals surface area contributed by atoms with Gasteiger partial charge in [0.2, 0.25) is 0 Å². The fourth-order valence-electron chi connectivity index (χ4n) is 4.24. The van der Waals surface area contributed by atoms with Gasteiger partial charge in [0.05, 0.1) is 17.0 Å². The molecule has 0 atom stereocenters. The van der Waals surface area contributed by atoms with Gasteiger partial charge in [-0.1, -0.05) is 66.7 Å². The average Bonchev–Trinajstić information content (AvgIpc) is 3.19. The number of nitrogens with one attached hydrogen (secondary N) is 2. The first-order chi connectivity index (χ1) is 14.4. The highest BCUT2D eigenvalue weighted by atomic mass is 15.2. The van der Waals surface area contributed by atoms with Crippen molar-refractivity contribution in [3.8, 4) is 0 Å². The predicted molar refractivity (Wildman–Crippen MR) is 118 cm³/mol. The number of aromatic nitrogens is 2. The van der Waals surface area contributed by atoms with Crippen LogP contribution in [0.4, 0.5) is 0 Å². The van der Waals surface area contributed by atoms with Gasteiger partial charge in [-0.05, 0) is 28.8 Å². The molecule has 4 nitrogen and oxygen atoms in total. The van der Waals surface area contributed by atoms with E-state index in [-0.39, 0.29) is 5.92 Å². The Hall–Kier alpha value is -2.95. The lowest BCUT2D eigenvalue weighted by atomic mass is 9.91. The monoisotopic (exact) mass is 382 g/mol. The predicted octanol–water partition coefficient (Wildman–Crippen LogP) is 4.15. The summed E-state index contributed by atoms with van der Waals surface area (Å²) in [5, 5.41) is 3.42. The highest BCUT2D eigenvalue weighted by Gasteiger charge is 2.20. The first-order valence-electron chi connectivity index (χ1n) is 10.4. The van der Waals surface area contributed by atoms with Crippen molar-refractivity contribution in [1.29, 1.82) is 0 Å². The Morgan fingerprint density at radius 1 is 0.828 bits per heavy atom. The van der Waals surface area contributed by atoms with Crippen molar-refractivity contribution < 1.29 is 0 Å². The van der Waals surface area contributed by atoms with Crippen molar-refractivity contribution in [1.82, 2.24) is 20.2 Å². The fourth-order valence-corrected chi connectivity index (χ4v) is 4.24. The largest absolute Gasteiger partial charge is 0.341 e. The molecule has 0 saturated carbocycles. The van der Waals surface area contributed by atoms with E-state index in [0.29, 0.717) is 0 Å². The third-order valence-corrected chi connectivity index (χ3v) is 5.72. The third-order valence-electron chi connectivity index (χ3n) is 5.72. The first kappa shape index (κ1) is 18.1. The molecule has 1 aromatic heterocycles. The Morgan fingerprint density at radius 3 is 2.14 bits per heavy atom. The normalized spacial score (nSPS) is 15.2. The molecule has 0 spiro atoms. The van der Waals surface area contributed by atoms with Gasteiger partial charge in [0.15, 0.2) is 0 Å². The number of fused-ring (bicyclic) bond motifs is 1. The molecule has 1 aliphatic rings. The molecule has 3 aromatic carbocycles. The molecular weight excluding hydrogens is 356 g/mol. The molecule has 2 N–H and O–H groups in total. The van der Waals surface area contributed by atoms with E-state index in [1.54, 1.807) is 0 Å². The van der Waals surface area contributed by atoms with E-state index in [2.05, 4.69) is 94.1 Å². The van der Waals surface area contributed by atoms with Crippen LogP contribution in [0.15, 0.2) is 78.9 Å². The molecule has 0 bridgehead atoms. The molecule has 0 aliphatic carbocycles. The van der Waals surface area contributed by atoms with Crippen LogP contribution in [-0.4, -0.2) is 41.0 Å². The minimum atomic E-state index is 0.0985. The van der Waals surface area contributed by atoms with E-state index in [0.717, 1.165) is 49.6 Å². The number of aromatic amines is 1. The maximum atomic E-state index is 4.97. The minimum absolute atomic E-state index is 0.0985. The summed E-state index contributed by atoms with van der Waals surface area (Å²) in [5.74, 6) is 1.10. The maximum absolute atomic E-state index is 4.97. The van der Waals surface area contributed by atoms with Crippen LogP contribution >= 0.6 is 0 Å². The van der Waals surface area contributed by atoms with Crippen molar-refractivity contribution in [2.75, 3.05) is 26.2 Å². The van der Waals surface area contributed by atoms with Crippen molar-refractivity contribution in [2.24, 2.45) is 0 Å². The van der Waals surface area contributed by atoms with Crippen molar-refractivity contribution >= 4 is 11.0 Å². The SMILES string of the molecule is c1ccc(C(c2ccccc2)c2nc3ccc(CN4CCNCC4)cc3[nH]2)cc1. The topological polar surface area (TPSA) is 44.0 Å². The zero-order valence-electron chi connectivity index (χ0n) is 16.5. The molecular formula is C25H26N4. The molecule has 4 aromatic rings. The van der Waals surface area contributed by atoms with Gasteiger partial charge in [0.1, 0.15) is 5.82 Å². The lowest BCUT2D eigenvalue weighted by Crippen LogP contribution is -2.42. The maximum Gasteiger partial charge on any atom is 0.119 e. The number of hydrogen-bond acceptors (Lipinski definition) is 3. The lowest BCUT2D eigenvalue weighted by molar-refractivity contribution is 0.233. The van der Waals surface area contributed by atoms with E-state index in [9.17, 15) is 0 Å². The highest BCUT2D eigenvalue weighted by Crippen LogP contribution is 2.31. The van der Waals surface area contributed by atoms with Crippen LogP contribution in [0.5, 0.6) is 0 Å². The van der Waals surface area contributed by atoms with Crippen molar-refractivity contribution in [2.45, 2.75) is 12.5 Å². The summed E-state index contributed by atoms with van der Waals surface area (Å²) in [6.45, 7) is 5.36. The van der Waals surface area contributed by atoms with Crippen LogP contribution in [0.25, 0.3) is 11.0 Å². The fraction of sp³-hybridized carbons (Fsp3) is 0.240. The van der Waals surface area contributed by atoms with E-state index in [1.165, 1.54) is 16.7 Å². The molecule has 0 amide bonds. The van der Waals surface area contributed by atoms with Crippen LogP contribution in [0.2, 0.25) is 0 Å². The van der Waals surface area contributed by atoms with E-state index >= 15 is 0 Å². The van der Waals surface area contributed by atoms with E-state index in [4.69, 9.17) is 4.98 Å². The molecule has 146 valence electrons. The molecule has 1 aliphatic heterocycles. The van der Waals surface area contributed by atoms with Crippen molar-refractivity contribution in [3.05, 3.63) is 101 Å². The van der Waals surface area contributed by atoms with Gasteiger partial charge < -0.3 is 10.3 Å². The molecule has 5 rings (SSSR count). The number of nitrogens with zero attached hydrogens (tertiary/aromatic N) is 2. The van der Waals surface area contributed by atoms with Crippen LogP contribution in [-0.2, 0) is 6.54 Å². The van der Waals surface area contributed by atoms with Gasteiger partial charge in [-0.3, -0.25) is 4.90 Å². The summed E-state index contributed by atoms with van der Waals surface area (Å²) < 4.78 is 0. The van der Waals surface area contributed by atoms with E-state index < -0.39 is 0 Å². The summed E-state index contributed by atoms with van der Waals surface area (Å²) >= 11 is 0. The lowest BCUT2D eigenvalue weighted by Gasteiger charge is -2.27. The van der Waals surface area contributed by atoms with Gasteiger partial charge in [-0.15, -0.1) is 0 Å². The van der Waals surface area contributed by atoms with Gasteiger partial charge in [0.25, 0.3) is 0 Å². The van der Waals surface area contributed by atoms with Crippen LogP contribution < -0.4 is 5.32 Å². The second kappa shape index (κ2) is 8.19. The number of imidazole rings is 1. The summed E-state index contributed by atoms with van der Waals surface area (Å²) in [4.78, 5) is 11.1. The summed E-state index contributed by atoms with van der Waals surface area (Å²) in [6, 6.07) is 27.9. The molecule has 29 heavy (non-hydrogen) atoms. The zero-order valence-corrected chi connectivity index (χ0v) is 16.5. The summed E-state index contributed by atoms with van der Waals surface area (Å²) in [6.07, 6.45) is 0. The van der Waals surface area contributed by atoms with Gasteiger partial charge in [0, 0.05) is 32.7 Å². The number of rotatable bonds is 5. The van der Waals surface area contributed by atoms with Crippen LogP contribution in [0, 0.1) is 0 Å².